The van der Waals surface area contributed by atoms with Crippen LogP contribution in [-0.2, 0) is 25.5 Å². The van der Waals surface area contributed by atoms with E-state index in [2.05, 4.69) is 12.2 Å². The number of anilines is 1. The highest BCUT2D eigenvalue weighted by molar-refractivity contribution is 6.06. The molecule has 3 aliphatic rings. The van der Waals surface area contributed by atoms with Gasteiger partial charge in [-0.1, -0.05) is 25.5 Å². The number of amides is 3. The van der Waals surface area contributed by atoms with Gasteiger partial charge in [-0.3, -0.25) is 19.8 Å². The molecule has 3 heterocycles. The molecular formula is C23H30N2O5. The number of nitrogens with one attached hydrogen (secondary N) is 1. The monoisotopic (exact) mass is 414 g/mol. The van der Waals surface area contributed by atoms with Crippen molar-refractivity contribution in [2.45, 2.75) is 64.1 Å². The molecule has 1 aromatic carbocycles. The number of hydrogen-bond donors (Lipinski definition) is 1. The molecule has 7 nitrogen and oxygen atoms in total. The van der Waals surface area contributed by atoms with Crippen LogP contribution in [0.2, 0.25) is 0 Å². The number of rotatable bonds is 9. The fourth-order valence-electron chi connectivity index (χ4n) is 4.82. The zero-order chi connectivity index (χ0) is 21.1. The van der Waals surface area contributed by atoms with Gasteiger partial charge in [0.15, 0.2) is 0 Å². The number of fused-ring (bicyclic) bond motifs is 5. The quantitative estimate of drug-likeness (QED) is 0.494. The van der Waals surface area contributed by atoms with Gasteiger partial charge in [0.2, 0.25) is 11.8 Å². The molecule has 0 saturated carbocycles. The summed E-state index contributed by atoms with van der Waals surface area (Å²) in [6, 6.07) is 7.79. The van der Waals surface area contributed by atoms with E-state index in [1.807, 2.05) is 24.3 Å². The largest absolute Gasteiger partial charge is 0.449 e. The van der Waals surface area contributed by atoms with E-state index in [9.17, 15) is 14.4 Å². The molecule has 1 N–H and O–H groups in total. The standard InChI is InChI=1S/C23H30N2O5/c1-2-3-6-15-7-9-16(10-8-15)24-23(28)29-14-5-4-13-25-21(26)19-17-11-12-18(30-17)20(19)22(25)27/h7-10,17-20H,2-6,11-14H2,1H3,(H,24,28). The van der Waals surface area contributed by atoms with E-state index in [0.29, 0.717) is 25.1 Å². The lowest BCUT2D eigenvalue weighted by atomic mass is 9.81. The first-order chi connectivity index (χ1) is 14.6. The predicted octanol–water partition coefficient (Wildman–Crippen LogP) is 3.52. The zero-order valence-corrected chi connectivity index (χ0v) is 17.5. The van der Waals surface area contributed by atoms with Crippen LogP contribution >= 0.6 is 0 Å². The second-order valence-electron chi connectivity index (χ2n) is 8.44. The molecule has 3 amide bonds. The van der Waals surface area contributed by atoms with E-state index in [-0.39, 0.29) is 42.5 Å². The lowest BCUT2D eigenvalue weighted by Crippen LogP contribution is -2.35. The normalized spacial score (nSPS) is 26.9. The molecule has 1 aromatic rings. The Bertz CT molecular complexity index is 765. The van der Waals surface area contributed by atoms with Gasteiger partial charge in [-0.2, -0.15) is 0 Å². The highest BCUT2D eigenvalue weighted by atomic mass is 16.5. The van der Waals surface area contributed by atoms with Crippen molar-refractivity contribution in [1.29, 1.82) is 0 Å². The van der Waals surface area contributed by atoms with Crippen molar-refractivity contribution >= 4 is 23.6 Å². The lowest BCUT2D eigenvalue weighted by Gasteiger charge is -2.17. The average Bonchev–Trinajstić information content (AvgIpc) is 3.42. The molecule has 2 bridgehead atoms. The molecule has 0 spiro atoms. The fourth-order valence-corrected chi connectivity index (χ4v) is 4.82. The van der Waals surface area contributed by atoms with Gasteiger partial charge >= 0.3 is 6.09 Å². The Morgan fingerprint density at radius 1 is 1.07 bits per heavy atom. The number of unbranched alkanes of at least 4 members (excludes halogenated alkanes) is 2. The van der Waals surface area contributed by atoms with Gasteiger partial charge < -0.3 is 9.47 Å². The van der Waals surface area contributed by atoms with Crippen LogP contribution in [-0.4, -0.2) is 48.2 Å². The summed E-state index contributed by atoms with van der Waals surface area (Å²) in [5.41, 5.74) is 1.96. The van der Waals surface area contributed by atoms with Crippen molar-refractivity contribution in [2.75, 3.05) is 18.5 Å². The number of carbonyl (C=O) groups is 3. The number of hydrogen-bond acceptors (Lipinski definition) is 5. The van der Waals surface area contributed by atoms with Gasteiger partial charge in [0.1, 0.15) is 0 Å². The third kappa shape index (κ3) is 4.21. The molecule has 162 valence electrons. The number of aryl methyl sites for hydroxylation is 1. The third-order valence-corrected chi connectivity index (χ3v) is 6.40. The van der Waals surface area contributed by atoms with E-state index in [1.165, 1.54) is 10.5 Å². The molecule has 0 aromatic heterocycles. The number of carbonyl (C=O) groups excluding carboxylic acids is 3. The number of likely N-dealkylation sites (tertiary alicyclic amines) is 1. The first-order valence-corrected chi connectivity index (χ1v) is 11.1. The Morgan fingerprint density at radius 3 is 2.37 bits per heavy atom. The molecule has 3 aliphatic heterocycles. The maximum Gasteiger partial charge on any atom is 0.411 e. The molecular weight excluding hydrogens is 384 g/mol. The molecule has 0 aliphatic carbocycles. The Morgan fingerprint density at radius 2 is 1.73 bits per heavy atom. The summed E-state index contributed by atoms with van der Waals surface area (Å²) >= 11 is 0. The first kappa shape index (κ1) is 20.8. The summed E-state index contributed by atoms with van der Waals surface area (Å²) in [6.45, 7) is 2.79. The van der Waals surface area contributed by atoms with Crippen molar-refractivity contribution in [3.63, 3.8) is 0 Å². The molecule has 4 rings (SSSR count). The molecule has 3 saturated heterocycles. The van der Waals surface area contributed by atoms with Gasteiger partial charge in [-0.15, -0.1) is 0 Å². The maximum absolute atomic E-state index is 12.6. The Kier molecular flexibility index (Phi) is 6.37. The van der Waals surface area contributed by atoms with Crippen LogP contribution in [0.5, 0.6) is 0 Å². The maximum atomic E-state index is 12.6. The number of imide groups is 1. The minimum Gasteiger partial charge on any atom is -0.449 e. The van der Waals surface area contributed by atoms with Crippen LogP contribution < -0.4 is 5.32 Å². The van der Waals surface area contributed by atoms with Crippen LogP contribution in [0.25, 0.3) is 0 Å². The third-order valence-electron chi connectivity index (χ3n) is 6.40. The van der Waals surface area contributed by atoms with Crippen LogP contribution in [0.1, 0.15) is 51.0 Å². The summed E-state index contributed by atoms with van der Waals surface area (Å²) in [5.74, 6) is -0.713. The minimum absolute atomic E-state index is 0.0748. The van der Waals surface area contributed by atoms with Gasteiger partial charge in [0.05, 0.1) is 30.7 Å². The predicted molar refractivity (Wildman–Crippen MR) is 111 cm³/mol. The second kappa shape index (κ2) is 9.16. The van der Waals surface area contributed by atoms with Gasteiger partial charge in [0, 0.05) is 12.2 Å². The Hall–Kier alpha value is -2.41. The summed E-state index contributed by atoms with van der Waals surface area (Å²) in [7, 11) is 0. The van der Waals surface area contributed by atoms with E-state index >= 15 is 0 Å². The van der Waals surface area contributed by atoms with Crippen LogP contribution in [0.3, 0.4) is 0 Å². The molecule has 3 fully saturated rings. The summed E-state index contributed by atoms with van der Waals surface area (Å²) in [4.78, 5) is 38.5. The number of nitrogens with zero attached hydrogens (tertiary/aromatic N) is 1. The van der Waals surface area contributed by atoms with Crippen molar-refractivity contribution in [3.05, 3.63) is 29.8 Å². The van der Waals surface area contributed by atoms with Crippen LogP contribution in [0, 0.1) is 11.8 Å². The van der Waals surface area contributed by atoms with E-state index in [0.717, 1.165) is 32.1 Å². The van der Waals surface area contributed by atoms with Gasteiger partial charge in [-0.25, -0.2) is 4.79 Å². The zero-order valence-electron chi connectivity index (χ0n) is 17.5. The average molecular weight is 415 g/mol. The van der Waals surface area contributed by atoms with E-state index in [1.54, 1.807) is 0 Å². The molecule has 30 heavy (non-hydrogen) atoms. The first-order valence-electron chi connectivity index (χ1n) is 11.1. The molecule has 0 radical (unpaired) electrons. The fraction of sp³-hybridized carbons (Fsp3) is 0.609. The number of benzene rings is 1. The Labute approximate surface area is 177 Å². The lowest BCUT2D eigenvalue weighted by molar-refractivity contribution is -0.142. The highest BCUT2D eigenvalue weighted by Crippen LogP contribution is 2.48. The van der Waals surface area contributed by atoms with Crippen molar-refractivity contribution in [1.82, 2.24) is 4.90 Å². The summed E-state index contributed by atoms with van der Waals surface area (Å²) < 4.78 is 11.0. The van der Waals surface area contributed by atoms with Crippen molar-refractivity contribution < 1.29 is 23.9 Å². The highest BCUT2D eigenvalue weighted by Gasteiger charge is 2.62. The Balaban J connectivity index is 1.14. The van der Waals surface area contributed by atoms with Gasteiger partial charge in [-0.05, 0) is 56.2 Å². The van der Waals surface area contributed by atoms with E-state index < -0.39 is 6.09 Å². The SMILES string of the molecule is CCCCc1ccc(NC(=O)OCCCCN2C(=O)C3C4CCC(O4)C3C2=O)cc1. The molecule has 4 unspecified atom stereocenters. The molecule has 7 heteroatoms. The molecule has 4 atom stereocenters. The second-order valence-corrected chi connectivity index (χ2v) is 8.44. The number of ether oxygens (including phenoxy) is 2. The summed E-state index contributed by atoms with van der Waals surface area (Å²) in [6.07, 6.45) is 5.68. The smallest absolute Gasteiger partial charge is 0.411 e. The van der Waals surface area contributed by atoms with Crippen LogP contribution in [0.15, 0.2) is 24.3 Å². The van der Waals surface area contributed by atoms with Crippen molar-refractivity contribution in [3.8, 4) is 0 Å². The minimum atomic E-state index is -0.493. The topological polar surface area (TPSA) is 84.9 Å². The van der Waals surface area contributed by atoms with Gasteiger partial charge in [0.25, 0.3) is 0 Å². The van der Waals surface area contributed by atoms with E-state index in [4.69, 9.17) is 9.47 Å². The van der Waals surface area contributed by atoms with Crippen LogP contribution in [0.4, 0.5) is 10.5 Å². The summed E-state index contributed by atoms with van der Waals surface area (Å²) in [5, 5.41) is 2.72. The van der Waals surface area contributed by atoms with Crippen molar-refractivity contribution in [2.24, 2.45) is 11.8 Å².